The molecule has 1 aliphatic carbocycles. The van der Waals surface area contributed by atoms with Crippen LogP contribution in [0.4, 0.5) is 0 Å². The van der Waals surface area contributed by atoms with E-state index in [1.165, 1.54) is 11.1 Å². The van der Waals surface area contributed by atoms with Crippen LogP contribution in [0.25, 0.3) is 0 Å². The molecule has 0 unspecified atom stereocenters. The Morgan fingerprint density at radius 1 is 0.488 bits per heavy atom. The van der Waals surface area contributed by atoms with Crippen LogP contribution >= 0.6 is 0 Å². The van der Waals surface area contributed by atoms with Gasteiger partial charge in [-0.3, -0.25) is 0 Å². The first-order valence-corrected chi connectivity index (χ1v) is 19.4. The van der Waals surface area contributed by atoms with Gasteiger partial charge in [-0.15, -0.1) is 0 Å². The molecule has 0 fully saturated rings. The zero-order chi connectivity index (χ0) is 30.1. The Kier molecular flexibility index (Phi) is 9.85. The largest absolute Gasteiger partial charge is 0.228 e. The minimum absolute atomic E-state index is 0.0874. The number of rotatable bonds is 0. The summed E-state index contributed by atoms with van der Waals surface area (Å²) in [5.74, 6) is 0.672. The van der Waals surface area contributed by atoms with Crippen LogP contribution in [0.5, 0.6) is 0 Å². The topological polar surface area (TPSA) is 68.3 Å². The van der Waals surface area contributed by atoms with E-state index < -0.39 is 19.7 Å². The fourth-order valence-corrected chi connectivity index (χ4v) is 9.49. The van der Waals surface area contributed by atoms with Crippen LogP contribution in [0, 0.1) is 0 Å². The molecule has 0 radical (unpaired) electrons. The van der Waals surface area contributed by atoms with Gasteiger partial charge >= 0.3 is 0 Å². The number of fused-ring (bicyclic) bond motifs is 1. The molecule has 4 rings (SSSR count). The molecule has 4 nitrogen and oxygen atoms in total. The predicted octanol–water partition coefficient (Wildman–Crippen LogP) is 7.94. The summed E-state index contributed by atoms with van der Waals surface area (Å²) in [5, 5.41) is 0. The smallest absolute Gasteiger partial charge is 0.154 e. The molecule has 1 aliphatic heterocycles. The first-order chi connectivity index (χ1) is 19.0. The van der Waals surface area contributed by atoms with Crippen LogP contribution in [-0.4, -0.2) is 28.3 Å². The lowest BCUT2D eigenvalue weighted by Crippen LogP contribution is -2.17. The summed E-state index contributed by atoms with van der Waals surface area (Å²) >= 11 is 0. The molecular formula is C35H52O4S2. The van der Waals surface area contributed by atoms with E-state index in [9.17, 15) is 16.8 Å². The van der Waals surface area contributed by atoms with Crippen molar-refractivity contribution < 1.29 is 16.8 Å². The lowest BCUT2D eigenvalue weighted by molar-refractivity contribution is 0.565. The normalized spacial score (nSPS) is 20.7. The van der Waals surface area contributed by atoms with E-state index in [1.807, 2.05) is 0 Å². The fraction of sp³-hybridized carbons (Fsp3) is 0.657. The van der Waals surface area contributed by atoms with Crippen LogP contribution in [-0.2, 0) is 61.3 Å². The van der Waals surface area contributed by atoms with Gasteiger partial charge in [-0.2, -0.15) is 0 Å². The van der Waals surface area contributed by atoms with E-state index >= 15 is 0 Å². The second-order valence-corrected chi connectivity index (χ2v) is 19.1. The zero-order valence-corrected chi connectivity index (χ0v) is 28.0. The molecule has 2 aromatic rings. The second kappa shape index (κ2) is 12.5. The van der Waals surface area contributed by atoms with Gasteiger partial charge in [0, 0.05) is 0 Å². The average molecular weight is 601 g/mol. The Hall–Kier alpha value is -1.66. The molecule has 0 N–H and O–H groups in total. The van der Waals surface area contributed by atoms with Crippen LogP contribution in [0.15, 0.2) is 24.3 Å². The van der Waals surface area contributed by atoms with Crippen LogP contribution in [0.3, 0.4) is 0 Å². The zero-order valence-electron chi connectivity index (χ0n) is 26.4. The van der Waals surface area contributed by atoms with E-state index in [0.29, 0.717) is 19.3 Å². The summed E-state index contributed by atoms with van der Waals surface area (Å²) in [6.45, 7) is 13.1. The standard InChI is InChI=1S/C35H52O4S2/c1-34(2,3)30-20-26-19-27-21-31(35(4,5)6)23-29-25-41(38,39)18-14-12-10-8-7-9-11-13-17-40(36,37)24-28(22-30)32(26)15-16-33(27)29/h20-23H,7-19,24-25H2,1-6H3. The fourth-order valence-electron chi connectivity index (χ4n) is 6.45. The molecule has 0 saturated heterocycles. The molecule has 0 saturated carbocycles. The molecule has 0 atom stereocenters. The molecule has 41 heavy (non-hydrogen) atoms. The highest BCUT2D eigenvalue weighted by atomic mass is 32.2. The van der Waals surface area contributed by atoms with Crippen molar-refractivity contribution in [2.75, 3.05) is 11.5 Å². The molecule has 2 aromatic carbocycles. The maximum absolute atomic E-state index is 13.4. The summed E-state index contributed by atoms with van der Waals surface area (Å²) in [4.78, 5) is 0. The summed E-state index contributed by atoms with van der Waals surface area (Å²) in [7, 11) is -6.47. The maximum atomic E-state index is 13.4. The highest BCUT2D eigenvalue weighted by Crippen LogP contribution is 2.37. The van der Waals surface area contributed by atoms with Gasteiger partial charge in [0.15, 0.2) is 19.7 Å². The summed E-state index contributed by atoms with van der Waals surface area (Å²) in [6.07, 6.45) is 9.72. The van der Waals surface area contributed by atoms with Gasteiger partial charge < -0.3 is 0 Å². The van der Waals surface area contributed by atoms with Crippen molar-refractivity contribution in [3.8, 4) is 0 Å². The highest BCUT2D eigenvalue weighted by Gasteiger charge is 2.28. The van der Waals surface area contributed by atoms with Crippen molar-refractivity contribution in [2.24, 2.45) is 0 Å². The van der Waals surface area contributed by atoms with Gasteiger partial charge in [-0.05, 0) is 87.4 Å². The lowest BCUT2D eigenvalue weighted by Gasteiger charge is -2.24. The third-order valence-corrected chi connectivity index (χ3v) is 12.3. The van der Waals surface area contributed by atoms with Crippen molar-refractivity contribution in [1.82, 2.24) is 0 Å². The molecule has 0 aromatic heterocycles. The molecular weight excluding hydrogens is 549 g/mol. The first kappa shape index (κ1) is 32.3. The summed E-state index contributed by atoms with van der Waals surface area (Å²) < 4.78 is 53.6. The minimum Gasteiger partial charge on any atom is -0.228 e. The SMILES string of the molecule is CC(C)(C)c1cc2c3c(c1)CS(=O)(=O)CCCCCCCCCCS(=O)(=O)Cc1cc(C(C)(C)C)cc(c1CC3)C2. The van der Waals surface area contributed by atoms with Gasteiger partial charge in [0.1, 0.15) is 0 Å². The minimum atomic E-state index is -3.24. The van der Waals surface area contributed by atoms with Crippen molar-refractivity contribution in [3.63, 3.8) is 0 Å². The van der Waals surface area contributed by atoms with Crippen molar-refractivity contribution in [3.05, 3.63) is 68.8 Å². The van der Waals surface area contributed by atoms with Crippen LogP contribution in [0.1, 0.15) is 137 Å². The summed E-state index contributed by atoms with van der Waals surface area (Å²) in [6, 6.07) is 8.86. The van der Waals surface area contributed by atoms with E-state index in [-0.39, 0.29) is 33.8 Å². The Balaban J connectivity index is 1.85. The predicted molar refractivity (Wildman–Crippen MR) is 172 cm³/mol. The molecule has 2 aliphatic rings. The molecule has 228 valence electrons. The number of hydrogen-bond acceptors (Lipinski definition) is 4. The van der Waals surface area contributed by atoms with Crippen LogP contribution < -0.4 is 0 Å². The molecule has 1 heterocycles. The van der Waals surface area contributed by atoms with Crippen molar-refractivity contribution in [2.45, 2.75) is 135 Å². The van der Waals surface area contributed by atoms with E-state index in [4.69, 9.17) is 0 Å². The molecule has 6 heteroatoms. The molecule has 0 amide bonds. The van der Waals surface area contributed by atoms with E-state index in [1.54, 1.807) is 0 Å². The number of benzene rings is 2. The van der Waals surface area contributed by atoms with Gasteiger partial charge in [0.05, 0.1) is 23.0 Å². The van der Waals surface area contributed by atoms with E-state index in [0.717, 1.165) is 84.7 Å². The second-order valence-electron chi connectivity index (χ2n) is 14.7. The third-order valence-electron chi connectivity index (χ3n) is 9.02. The quantitative estimate of drug-likeness (QED) is 0.308. The van der Waals surface area contributed by atoms with Crippen molar-refractivity contribution >= 4 is 19.7 Å². The van der Waals surface area contributed by atoms with Crippen molar-refractivity contribution in [1.29, 1.82) is 0 Å². The Morgan fingerprint density at radius 2 is 0.805 bits per heavy atom. The summed E-state index contributed by atoms with van der Waals surface area (Å²) in [5.41, 5.74) is 8.70. The highest BCUT2D eigenvalue weighted by molar-refractivity contribution is 7.90. The van der Waals surface area contributed by atoms with Gasteiger partial charge in [-0.1, -0.05) is 104 Å². The maximum Gasteiger partial charge on any atom is 0.154 e. The van der Waals surface area contributed by atoms with Gasteiger partial charge in [0.2, 0.25) is 0 Å². The molecule has 2 bridgehead atoms. The van der Waals surface area contributed by atoms with Gasteiger partial charge in [-0.25, -0.2) is 16.8 Å². The monoisotopic (exact) mass is 600 g/mol. The van der Waals surface area contributed by atoms with E-state index in [2.05, 4.69) is 65.8 Å². The average Bonchev–Trinajstić information content (AvgIpc) is 3.02. The first-order valence-electron chi connectivity index (χ1n) is 15.8. The van der Waals surface area contributed by atoms with Crippen LogP contribution in [0.2, 0.25) is 0 Å². The lowest BCUT2D eigenvalue weighted by atomic mass is 9.81. The van der Waals surface area contributed by atoms with Gasteiger partial charge in [0.25, 0.3) is 0 Å². The number of hydrogen-bond donors (Lipinski definition) is 0. The third kappa shape index (κ3) is 8.69. The Bertz CT molecular complexity index is 1340. The number of sulfone groups is 2. The Labute approximate surface area is 250 Å². The molecule has 0 spiro atoms. The Morgan fingerprint density at radius 3 is 1.15 bits per heavy atom.